The summed E-state index contributed by atoms with van der Waals surface area (Å²) in [4.78, 5) is 18.8. The molecule has 0 saturated carbocycles. The van der Waals surface area contributed by atoms with Crippen molar-refractivity contribution in [2.24, 2.45) is 4.99 Å². The van der Waals surface area contributed by atoms with Crippen molar-refractivity contribution in [2.45, 2.75) is 24.6 Å². The first kappa shape index (κ1) is 19.5. The molecule has 4 rings (SSSR count). The number of amides is 1. The van der Waals surface area contributed by atoms with Crippen molar-refractivity contribution in [2.75, 3.05) is 16.4 Å². The van der Waals surface area contributed by atoms with Crippen molar-refractivity contribution >= 4 is 50.0 Å². The van der Waals surface area contributed by atoms with Gasteiger partial charge in [0.2, 0.25) is 0 Å². The van der Waals surface area contributed by atoms with Gasteiger partial charge in [0.05, 0.1) is 24.0 Å². The van der Waals surface area contributed by atoms with Crippen LogP contribution in [0.4, 0.5) is 5.69 Å². The summed E-state index contributed by atoms with van der Waals surface area (Å²) in [7, 11) is -3.11. The number of benzene rings is 2. The lowest BCUT2D eigenvalue weighted by molar-refractivity contribution is -0.117. The molecule has 2 aromatic carbocycles. The van der Waals surface area contributed by atoms with Crippen LogP contribution in [0, 0.1) is 6.92 Å². The van der Waals surface area contributed by atoms with E-state index in [2.05, 4.69) is 4.99 Å². The van der Waals surface area contributed by atoms with E-state index in [-0.39, 0.29) is 35.1 Å². The predicted molar refractivity (Wildman–Crippen MR) is 115 cm³/mol. The van der Waals surface area contributed by atoms with Crippen LogP contribution in [0.2, 0.25) is 5.02 Å². The molecule has 0 spiro atoms. The predicted octanol–water partition coefficient (Wildman–Crippen LogP) is 3.49. The minimum absolute atomic E-state index is 0.0581. The minimum Gasteiger partial charge on any atom is -0.315 e. The Morgan fingerprint density at radius 1 is 1.21 bits per heavy atom. The lowest BCUT2D eigenvalue weighted by atomic mass is 10.1. The Morgan fingerprint density at radius 3 is 2.71 bits per heavy atom. The number of hydrogen-bond donors (Lipinski definition) is 0. The van der Waals surface area contributed by atoms with Crippen molar-refractivity contribution in [3.05, 3.63) is 64.7 Å². The smallest absolute Gasteiger partial charge is 0.252 e. The summed E-state index contributed by atoms with van der Waals surface area (Å²) in [5.41, 5.74) is 2.65. The number of aryl methyl sites for hydroxylation is 1. The Morgan fingerprint density at radius 2 is 1.96 bits per heavy atom. The molecule has 0 radical (unpaired) electrons. The van der Waals surface area contributed by atoms with Gasteiger partial charge in [0, 0.05) is 16.0 Å². The topological polar surface area (TPSA) is 66.8 Å². The Balaban J connectivity index is 1.69. The van der Waals surface area contributed by atoms with Crippen molar-refractivity contribution in [1.82, 2.24) is 0 Å². The highest BCUT2D eigenvalue weighted by Gasteiger charge is 2.49. The quantitative estimate of drug-likeness (QED) is 0.739. The fraction of sp³-hybridized carbons (Fsp3) is 0.300. The monoisotopic (exact) mass is 434 g/mol. The van der Waals surface area contributed by atoms with Crippen molar-refractivity contribution in [3.63, 3.8) is 0 Å². The second-order valence-corrected chi connectivity index (χ2v) is 10.8. The Labute approximate surface area is 173 Å². The molecule has 2 aromatic rings. The first-order chi connectivity index (χ1) is 13.3. The molecule has 0 aliphatic carbocycles. The maximum atomic E-state index is 12.6. The summed E-state index contributed by atoms with van der Waals surface area (Å²) in [6, 6.07) is 14.7. The first-order valence-corrected chi connectivity index (χ1v) is 12.0. The molecule has 0 N–H and O–H groups in total. The molecule has 8 heteroatoms. The molecule has 2 aliphatic rings. The molecule has 2 heterocycles. The van der Waals surface area contributed by atoms with E-state index in [0.29, 0.717) is 10.2 Å². The number of sulfone groups is 1. The van der Waals surface area contributed by atoms with E-state index in [1.807, 2.05) is 54.3 Å². The summed E-state index contributed by atoms with van der Waals surface area (Å²) in [6.07, 6.45) is 0.209. The third kappa shape index (κ3) is 3.97. The molecule has 0 aromatic heterocycles. The van der Waals surface area contributed by atoms with Crippen LogP contribution in [0.25, 0.3) is 0 Å². The number of carbonyl (C=O) groups is 1. The van der Waals surface area contributed by atoms with Gasteiger partial charge < -0.3 is 4.90 Å². The molecule has 28 heavy (non-hydrogen) atoms. The van der Waals surface area contributed by atoms with Crippen LogP contribution in [0.3, 0.4) is 0 Å². The van der Waals surface area contributed by atoms with Crippen LogP contribution < -0.4 is 4.90 Å². The van der Waals surface area contributed by atoms with Crippen LogP contribution in [0.1, 0.15) is 11.1 Å². The number of rotatable bonds is 3. The van der Waals surface area contributed by atoms with E-state index >= 15 is 0 Å². The first-order valence-electron chi connectivity index (χ1n) is 8.90. The van der Waals surface area contributed by atoms with Gasteiger partial charge in [0.1, 0.15) is 0 Å². The fourth-order valence-corrected chi connectivity index (χ4v) is 7.70. The molecule has 0 unspecified atom stereocenters. The molecule has 2 atom stereocenters. The zero-order chi connectivity index (χ0) is 19.9. The molecule has 1 amide bonds. The molecule has 2 fully saturated rings. The Kier molecular flexibility index (Phi) is 5.24. The maximum Gasteiger partial charge on any atom is 0.252 e. The number of thioether (sulfide) groups is 1. The number of anilines is 1. The van der Waals surface area contributed by atoms with Gasteiger partial charge >= 0.3 is 0 Å². The summed E-state index contributed by atoms with van der Waals surface area (Å²) in [5, 5.41) is 0.979. The van der Waals surface area contributed by atoms with Gasteiger partial charge in [0.25, 0.3) is 5.91 Å². The summed E-state index contributed by atoms with van der Waals surface area (Å²) in [5.74, 6) is -0.0893. The van der Waals surface area contributed by atoms with Crippen molar-refractivity contribution in [1.29, 1.82) is 0 Å². The molecular weight excluding hydrogens is 416 g/mol. The maximum absolute atomic E-state index is 12.6. The Bertz CT molecular complexity index is 1050. The molecular formula is C20H19ClN2O3S2. The zero-order valence-electron chi connectivity index (χ0n) is 15.2. The standard InChI is InChI=1S/C20H19ClN2O3S2/c1-13-7-8-15(21)10-16(13)23-17-11-28(25,26)12-18(17)27-20(23)22-19(24)9-14-5-3-2-4-6-14/h2-8,10,17-18H,9,11-12H2,1H3/t17-,18+/m1/s1. The zero-order valence-corrected chi connectivity index (χ0v) is 17.6. The van der Waals surface area contributed by atoms with Gasteiger partial charge in [-0.05, 0) is 30.2 Å². The highest BCUT2D eigenvalue weighted by molar-refractivity contribution is 8.16. The number of hydrogen-bond acceptors (Lipinski definition) is 4. The number of nitrogens with zero attached hydrogens (tertiary/aromatic N) is 2. The second-order valence-electron chi connectivity index (χ2n) is 7.05. The molecule has 146 valence electrons. The average molecular weight is 435 g/mol. The molecule has 0 bridgehead atoms. The molecule has 2 aliphatic heterocycles. The van der Waals surface area contributed by atoms with Gasteiger partial charge in [-0.25, -0.2) is 8.42 Å². The van der Waals surface area contributed by atoms with Gasteiger partial charge in [-0.2, -0.15) is 4.99 Å². The van der Waals surface area contributed by atoms with E-state index < -0.39 is 9.84 Å². The molecule has 5 nitrogen and oxygen atoms in total. The number of aliphatic imine (C=N–C) groups is 1. The number of amidine groups is 1. The largest absolute Gasteiger partial charge is 0.315 e. The van der Waals surface area contributed by atoms with Gasteiger partial charge in [-0.15, -0.1) is 0 Å². The van der Waals surface area contributed by atoms with E-state index in [1.54, 1.807) is 6.07 Å². The van der Waals surface area contributed by atoms with Gasteiger partial charge in [0.15, 0.2) is 15.0 Å². The lowest BCUT2D eigenvalue weighted by Gasteiger charge is -2.26. The third-order valence-corrected chi connectivity index (χ3v) is 8.36. The lowest BCUT2D eigenvalue weighted by Crippen LogP contribution is -2.38. The van der Waals surface area contributed by atoms with E-state index in [0.717, 1.165) is 16.8 Å². The second kappa shape index (κ2) is 7.54. The average Bonchev–Trinajstić information content (AvgIpc) is 3.09. The van der Waals surface area contributed by atoms with Crippen LogP contribution in [0.15, 0.2) is 53.5 Å². The van der Waals surface area contributed by atoms with E-state index in [4.69, 9.17) is 11.6 Å². The van der Waals surface area contributed by atoms with Gasteiger partial charge in [-0.3, -0.25) is 4.79 Å². The van der Waals surface area contributed by atoms with E-state index in [9.17, 15) is 13.2 Å². The summed E-state index contributed by atoms with van der Waals surface area (Å²) < 4.78 is 24.3. The van der Waals surface area contributed by atoms with Crippen molar-refractivity contribution in [3.8, 4) is 0 Å². The number of halogens is 1. The minimum atomic E-state index is -3.11. The molecule has 2 saturated heterocycles. The highest BCUT2D eigenvalue weighted by atomic mass is 35.5. The summed E-state index contributed by atoms with van der Waals surface area (Å²) in [6.45, 7) is 1.94. The van der Waals surface area contributed by atoms with E-state index in [1.165, 1.54) is 11.8 Å². The van der Waals surface area contributed by atoms with Crippen LogP contribution in [-0.4, -0.2) is 42.3 Å². The fourth-order valence-electron chi connectivity index (χ4n) is 3.60. The SMILES string of the molecule is Cc1ccc(Cl)cc1N1C(=NC(=O)Cc2ccccc2)S[C@H]2CS(=O)(=O)C[C@H]21. The third-order valence-electron chi connectivity index (χ3n) is 4.92. The van der Waals surface area contributed by atoms with Gasteiger partial charge in [-0.1, -0.05) is 59.8 Å². The summed E-state index contributed by atoms with van der Waals surface area (Å²) >= 11 is 7.57. The normalized spacial score (nSPS) is 24.5. The number of carbonyl (C=O) groups excluding carboxylic acids is 1. The number of fused-ring (bicyclic) bond motifs is 1. The van der Waals surface area contributed by atoms with Crippen LogP contribution >= 0.6 is 23.4 Å². The van der Waals surface area contributed by atoms with Crippen molar-refractivity contribution < 1.29 is 13.2 Å². The Hall–Kier alpha value is -1.83. The van der Waals surface area contributed by atoms with Crippen LogP contribution in [-0.2, 0) is 21.1 Å². The highest BCUT2D eigenvalue weighted by Crippen LogP contribution is 2.42. The van der Waals surface area contributed by atoms with Crippen LogP contribution in [0.5, 0.6) is 0 Å².